The highest BCUT2D eigenvalue weighted by atomic mass is 31.2. The second-order valence-corrected chi connectivity index (χ2v) is 15.2. The Morgan fingerprint density at radius 2 is 0.981 bits per heavy atom. The van der Waals surface area contributed by atoms with E-state index in [1.54, 1.807) is 0 Å². The third-order valence-corrected chi connectivity index (χ3v) is 9.51. The number of phosphoric ester groups is 1. The van der Waals surface area contributed by atoms with Crippen molar-refractivity contribution in [3.63, 3.8) is 0 Å². The Kier molecular flexibility index (Phi) is 35.6. The summed E-state index contributed by atoms with van der Waals surface area (Å²) in [6, 6.07) is -1.43. The number of carbonyl (C=O) groups is 3. The van der Waals surface area contributed by atoms with Crippen LogP contribution in [0.1, 0.15) is 168 Å². The molecule has 0 aliphatic rings. The van der Waals surface area contributed by atoms with Crippen molar-refractivity contribution in [1.29, 1.82) is 0 Å². The molecule has 54 heavy (non-hydrogen) atoms. The molecule has 0 aromatic rings. The number of aliphatic carboxylic acids is 1. The van der Waals surface area contributed by atoms with Gasteiger partial charge in [-0.3, -0.25) is 14.2 Å². The number of phosphoric acid groups is 1. The summed E-state index contributed by atoms with van der Waals surface area (Å²) in [4.78, 5) is 48.0. The number of hydrogen-bond donors (Lipinski definition) is 1. The van der Waals surface area contributed by atoms with Crippen LogP contribution in [-0.2, 0) is 37.5 Å². The van der Waals surface area contributed by atoms with Crippen LogP contribution in [0, 0.1) is 0 Å². The van der Waals surface area contributed by atoms with Crippen LogP contribution < -0.4 is 15.7 Å². The van der Waals surface area contributed by atoms with Crippen LogP contribution in [0.25, 0.3) is 0 Å². The minimum Gasteiger partial charge on any atom is -0.756 e. The number of carboxylic acids is 1. The molecule has 0 aromatic heterocycles. The van der Waals surface area contributed by atoms with Crippen molar-refractivity contribution in [1.82, 2.24) is 0 Å². The van der Waals surface area contributed by atoms with Crippen LogP contribution in [0.2, 0.25) is 0 Å². The van der Waals surface area contributed by atoms with E-state index in [2.05, 4.69) is 72.7 Å². The Balaban J connectivity index is 4.45. The molecule has 0 aliphatic carbocycles. The zero-order chi connectivity index (χ0) is 40.0. The number of unbranched alkanes of at least 4 members (excludes halogenated alkanes) is 16. The van der Waals surface area contributed by atoms with Gasteiger partial charge in [-0.1, -0.05) is 127 Å². The van der Waals surface area contributed by atoms with Gasteiger partial charge in [0.1, 0.15) is 25.2 Å². The molecule has 0 bridgehead atoms. The van der Waals surface area contributed by atoms with E-state index in [-0.39, 0.29) is 19.4 Å². The smallest absolute Gasteiger partial charge is 0.306 e. The first kappa shape index (κ1) is 51.4. The second kappa shape index (κ2) is 37.4. The van der Waals surface area contributed by atoms with Gasteiger partial charge in [0.2, 0.25) is 0 Å². The normalized spacial score (nSPS) is 14.3. The molecule has 0 rings (SSSR count). The molecule has 3 atom stereocenters. The van der Waals surface area contributed by atoms with E-state index < -0.39 is 51.1 Å². The van der Waals surface area contributed by atoms with Crippen LogP contribution in [0.4, 0.5) is 0 Å². The van der Waals surface area contributed by atoms with Crippen molar-refractivity contribution in [3.8, 4) is 0 Å². The SMILES string of the molecule is CCCCC/C=C\C/C=C\CCCCCCCC(=O)OC[C@H](COP(=O)([O-])OC[C@H]([NH3+])C(=O)[O-])OC(=O)CCCCCCC/C=C\C/C=C\CCCCC. The average molecular weight is 783 g/mol. The van der Waals surface area contributed by atoms with Gasteiger partial charge in [0.05, 0.1) is 6.61 Å². The number of hydrogen-bond acceptors (Lipinski definition) is 10. The van der Waals surface area contributed by atoms with Crippen molar-refractivity contribution < 1.29 is 53.2 Å². The molecule has 0 spiro atoms. The average Bonchev–Trinajstić information content (AvgIpc) is 3.14. The van der Waals surface area contributed by atoms with Gasteiger partial charge in [-0.25, -0.2) is 0 Å². The summed E-state index contributed by atoms with van der Waals surface area (Å²) in [6.45, 7) is 2.61. The Bertz CT molecular complexity index is 1110. The Hall–Kier alpha value is -2.56. The maximum absolute atomic E-state index is 12.6. The van der Waals surface area contributed by atoms with Gasteiger partial charge >= 0.3 is 11.9 Å². The maximum Gasteiger partial charge on any atom is 0.306 e. The molecule has 0 aromatic carbocycles. The summed E-state index contributed by atoms with van der Waals surface area (Å²) in [6.07, 6.45) is 40.1. The third-order valence-electron chi connectivity index (χ3n) is 8.58. The Morgan fingerprint density at radius 3 is 1.44 bits per heavy atom. The van der Waals surface area contributed by atoms with Gasteiger partial charge in [0, 0.05) is 12.8 Å². The van der Waals surface area contributed by atoms with Crippen molar-refractivity contribution in [2.24, 2.45) is 0 Å². The number of rotatable bonds is 38. The molecule has 0 saturated heterocycles. The molecule has 0 fully saturated rings. The van der Waals surface area contributed by atoms with Crippen LogP contribution in [0.5, 0.6) is 0 Å². The predicted octanol–water partition coefficient (Wildman–Crippen LogP) is 7.93. The summed E-state index contributed by atoms with van der Waals surface area (Å²) < 4.78 is 32.3. The number of ether oxygens (including phenoxy) is 2. The minimum absolute atomic E-state index is 0.126. The summed E-state index contributed by atoms with van der Waals surface area (Å²) in [5, 5.41) is 10.8. The molecular weight excluding hydrogens is 709 g/mol. The molecule has 0 saturated carbocycles. The van der Waals surface area contributed by atoms with Crippen molar-refractivity contribution in [3.05, 3.63) is 48.6 Å². The van der Waals surface area contributed by atoms with Crippen molar-refractivity contribution in [2.75, 3.05) is 19.8 Å². The molecule has 1 unspecified atom stereocenters. The first-order chi connectivity index (χ1) is 26.1. The zero-order valence-electron chi connectivity index (χ0n) is 33.6. The van der Waals surface area contributed by atoms with E-state index in [1.807, 2.05) is 0 Å². The fourth-order valence-corrected chi connectivity index (χ4v) is 6.03. The highest BCUT2D eigenvalue weighted by Gasteiger charge is 2.22. The van der Waals surface area contributed by atoms with E-state index in [9.17, 15) is 28.9 Å². The van der Waals surface area contributed by atoms with Gasteiger partial charge in [-0.2, -0.15) is 0 Å². The molecule has 11 nitrogen and oxygen atoms in total. The second-order valence-electron chi connectivity index (χ2n) is 13.8. The molecule has 0 amide bonds. The first-order valence-corrected chi connectivity index (χ1v) is 22.2. The van der Waals surface area contributed by atoms with Crippen LogP contribution in [0.15, 0.2) is 48.6 Å². The largest absolute Gasteiger partial charge is 0.756 e. The number of carboxylic acid groups (broad SMARTS) is 1. The van der Waals surface area contributed by atoms with E-state index in [0.717, 1.165) is 89.9 Å². The quantitative estimate of drug-likeness (QED) is 0.0280. The standard InChI is InChI=1S/C42H74NO10P/c1-3-5-7-9-11-13-15-17-19-21-23-25-27-29-31-33-40(44)50-35-38(36-51-54(48,49)52-37-39(43)42(46)47)53-41(45)34-32-30-28-26-24-22-20-18-16-14-12-10-8-6-4-2/h11-14,17-20,38-39H,3-10,15-16,21-37,43H2,1-2H3,(H,46,47)(H,48,49)/p-1/b13-11-,14-12-,19-17-,20-18-/t38-,39+/m1/s1. The lowest BCUT2D eigenvalue weighted by atomic mass is 10.1. The lowest BCUT2D eigenvalue weighted by Crippen LogP contribution is -2.70. The molecule has 3 N–H and O–H groups in total. The Morgan fingerprint density at radius 1 is 0.574 bits per heavy atom. The monoisotopic (exact) mass is 782 g/mol. The van der Waals surface area contributed by atoms with E-state index in [4.69, 9.17) is 14.0 Å². The fraction of sp³-hybridized carbons (Fsp3) is 0.738. The predicted molar refractivity (Wildman–Crippen MR) is 211 cm³/mol. The Labute approximate surface area is 326 Å². The number of allylic oxidation sites excluding steroid dienone is 8. The number of quaternary nitrogens is 1. The van der Waals surface area contributed by atoms with Crippen LogP contribution in [0.3, 0.4) is 0 Å². The molecule has 0 radical (unpaired) electrons. The highest BCUT2D eigenvalue weighted by molar-refractivity contribution is 7.45. The molecule has 312 valence electrons. The first-order valence-electron chi connectivity index (χ1n) is 20.7. The molecular formula is C42H73NO10P-. The molecule has 12 heteroatoms. The summed E-state index contributed by atoms with van der Waals surface area (Å²) in [5.74, 6) is -2.62. The van der Waals surface area contributed by atoms with Crippen molar-refractivity contribution in [2.45, 2.75) is 180 Å². The summed E-state index contributed by atoms with van der Waals surface area (Å²) in [5.41, 5.74) is 3.23. The zero-order valence-corrected chi connectivity index (χ0v) is 34.5. The van der Waals surface area contributed by atoms with E-state index >= 15 is 0 Å². The van der Waals surface area contributed by atoms with Crippen LogP contribution >= 0.6 is 7.82 Å². The van der Waals surface area contributed by atoms with Gasteiger partial charge in [0.25, 0.3) is 7.82 Å². The summed E-state index contributed by atoms with van der Waals surface area (Å²) >= 11 is 0. The van der Waals surface area contributed by atoms with Crippen molar-refractivity contribution >= 4 is 25.7 Å². The number of esters is 2. The lowest BCUT2D eigenvalue weighted by molar-refractivity contribution is -0.441. The van der Waals surface area contributed by atoms with Gasteiger partial charge in [-0.15, -0.1) is 0 Å². The molecule has 0 aliphatic heterocycles. The topological polar surface area (TPSA) is 179 Å². The maximum atomic E-state index is 12.6. The fourth-order valence-electron chi connectivity index (χ4n) is 5.24. The summed E-state index contributed by atoms with van der Waals surface area (Å²) in [7, 11) is -4.96. The van der Waals surface area contributed by atoms with E-state index in [1.165, 1.54) is 38.5 Å². The number of carbonyl (C=O) groups excluding carboxylic acids is 3. The van der Waals surface area contributed by atoms with Crippen LogP contribution in [-0.4, -0.2) is 49.9 Å². The van der Waals surface area contributed by atoms with Gasteiger partial charge in [0.15, 0.2) is 6.10 Å². The minimum atomic E-state index is -4.96. The molecule has 0 heterocycles. The lowest BCUT2D eigenvalue weighted by Gasteiger charge is -2.26. The highest BCUT2D eigenvalue weighted by Crippen LogP contribution is 2.38. The third kappa shape index (κ3) is 36.4. The van der Waals surface area contributed by atoms with E-state index in [0.29, 0.717) is 12.8 Å². The van der Waals surface area contributed by atoms with Gasteiger partial charge < -0.3 is 39.0 Å². The van der Waals surface area contributed by atoms with Gasteiger partial charge in [-0.05, 0) is 77.0 Å².